The summed E-state index contributed by atoms with van der Waals surface area (Å²) in [4.78, 5) is 0. The molecule has 1 unspecified atom stereocenters. The van der Waals surface area contributed by atoms with Gasteiger partial charge in [0.05, 0.1) is 0 Å². The van der Waals surface area contributed by atoms with Crippen molar-refractivity contribution in [2.45, 2.75) is 12.0 Å². The Morgan fingerprint density at radius 3 is 0.971 bits per heavy atom. The van der Waals surface area contributed by atoms with Gasteiger partial charge in [0.2, 0.25) is 6.71 Å². The van der Waals surface area contributed by atoms with E-state index in [4.69, 9.17) is 0 Å². The Morgan fingerprint density at radius 1 is 0.382 bits per heavy atom. The number of benzene rings is 2. The van der Waals surface area contributed by atoms with E-state index in [2.05, 4.69) is 0 Å². The monoisotopic (exact) mass is 514 g/mol. The summed E-state index contributed by atoms with van der Waals surface area (Å²) >= 11 is 0. The highest BCUT2D eigenvalue weighted by atomic mass is 19.2. The van der Waals surface area contributed by atoms with Crippen LogP contribution in [0, 0.1) is 58.2 Å². The van der Waals surface area contributed by atoms with Gasteiger partial charge < -0.3 is 0 Å². The molecule has 34 heavy (non-hydrogen) atoms. The van der Waals surface area contributed by atoms with Crippen LogP contribution in [0.3, 0.4) is 0 Å². The van der Waals surface area contributed by atoms with Crippen LogP contribution >= 0.6 is 0 Å². The van der Waals surface area contributed by atoms with Crippen molar-refractivity contribution in [1.82, 2.24) is 0 Å². The van der Waals surface area contributed by atoms with Crippen LogP contribution in [0.25, 0.3) is 0 Å². The molecule has 0 saturated carbocycles. The second-order valence-electron chi connectivity index (χ2n) is 6.70. The van der Waals surface area contributed by atoms with Gasteiger partial charge in [-0.05, 0) is 0 Å². The minimum Gasteiger partial charge on any atom is -0.240 e. The molecule has 2 aromatic rings. The van der Waals surface area contributed by atoms with Gasteiger partial charge in [-0.3, -0.25) is 0 Å². The maximum absolute atomic E-state index is 14.5. The van der Waals surface area contributed by atoms with Crippen molar-refractivity contribution in [3.63, 3.8) is 0 Å². The summed E-state index contributed by atoms with van der Waals surface area (Å²) in [5.41, 5.74) is -5.24. The average Bonchev–Trinajstić information content (AvgIpc) is 2.81. The van der Waals surface area contributed by atoms with Crippen molar-refractivity contribution in [1.29, 1.82) is 0 Å². The van der Waals surface area contributed by atoms with Crippen LogP contribution in [0.1, 0.15) is 0 Å². The first-order chi connectivity index (χ1) is 15.7. The third-order valence-electron chi connectivity index (χ3n) is 4.93. The molecule has 0 aliphatic heterocycles. The molecule has 0 aromatic heterocycles. The summed E-state index contributed by atoms with van der Waals surface area (Å²) in [7, 11) is 0. The van der Waals surface area contributed by atoms with E-state index in [1.54, 1.807) is 0 Å². The lowest BCUT2D eigenvalue weighted by Crippen LogP contribution is -2.56. The Labute approximate surface area is 178 Å². The van der Waals surface area contributed by atoms with Crippen molar-refractivity contribution >= 4 is 17.6 Å². The lowest BCUT2D eigenvalue weighted by molar-refractivity contribution is 0.272. The largest absolute Gasteiger partial charge is 0.240 e. The van der Waals surface area contributed by atoms with Gasteiger partial charge in [0.1, 0.15) is 5.83 Å². The first kappa shape index (κ1) is 25.6. The van der Waals surface area contributed by atoms with Crippen molar-refractivity contribution in [3.8, 4) is 0 Å². The molecule has 1 aliphatic carbocycles. The highest BCUT2D eigenvalue weighted by Gasteiger charge is 2.52. The van der Waals surface area contributed by atoms with E-state index in [0.717, 1.165) is 0 Å². The third-order valence-corrected chi connectivity index (χ3v) is 4.93. The standard InChI is InChI=1S/C18H2BF15/c20-4-1(5(21)11(27)16(32)10(4)26)19(2-6(22)12(28)17(33)13(29)7(2)23)3-8(24)14(30)18(34)15(31)9(3)25/h1,4H/t1-,4?/m0/s1. The highest BCUT2D eigenvalue weighted by Crippen LogP contribution is 2.45. The van der Waals surface area contributed by atoms with E-state index in [0.29, 0.717) is 0 Å². The minimum atomic E-state index is -3.99. The number of hydrogen-bond acceptors (Lipinski definition) is 0. The number of allylic oxidation sites excluding steroid dienone is 4. The third kappa shape index (κ3) is 3.45. The molecule has 0 amide bonds. The Bertz CT molecular complexity index is 1150. The number of hydrogen-bond donors (Lipinski definition) is 0. The molecule has 0 bridgehead atoms. The van der Waals surface area contributed by atoms with Gasteiger partial charge in [0, 0.05) is 16.7 Å². The predicted molar refractivity (Wildman–Crippen MR) is 84.6 cm³/mol. The Kier molecular flexibility index (Phi) is 6.48. The minimum absolute atomic E-state index is 2.62. The van der Waals surface area contributed by atoms with Gasteiger partial charge in [-0.2, -0.15) is 0 Å². The fourth-order valence-electron chi connectivity index (χ4n) is 3.37. The lowest BCUT2D eigenvalue weighted by Gasteiger charge is -2.30. The normalized spacial score (nSPS) is 18.8. The van der Waals surface area contributed by atoms with E-state index < -0.39 is 111 Å². The van der Waals surface area contributed by atoms with E-state index in [9.17, 15) is 65.9 Å². The Balaban J connectivity index is 2.56. The maximum atomic E-state index is 14.5. The van der Waals surface area contributed by atoms with Crippen LogP contribution in [-0.4, -0.2) is 12.9 Å². The molecule has 0 saturated heterocycles. The lowest BCUT2D eigenvalue weighted by atomic mass is 9.31. The molecule has 0 spiro atoms. The van der Waals surface area contributed by atoms with Crippen molar-refractivity contribution in [2.75, 3.05) is 0 Å². The fourth-order valence-corrected chi connectivity index (χ4v) is 3.37. The summed E-state index contributed by atoms with van der Waals surface area (Å²) in [5.74, 6) is -45.3. The molecule has 0 heterocycles. The zero-order valence-corrected chi connectivity index (χ0v) is 15.4. The van der Waals surface area contributed by atoms with Gasteiger partial charge in [0.25, 0.3) is 0 Å². The zero-order valence-electron chi connectivity index (χ0n) is 15.4. The smallest absolute Gasteiger partial charge is 0.239 e. The topological polar surface area (TPSA) is 0 Å². The van der Waals surface area contributed by atoms with E-state index in [1.807, 2.05) is 0 Å². The highest BCUT2D eigenvalue weighted by molar-refractivity contribution is 6.87. The number of rotatable bonds is 3. The second kappa shape index (κ2) is 8.62. The van der Waals surface area contributed by atoms with Crippen LogP contribution in [0.5, 0.6) is 0 Å². The summed E-state index contributed by atoms with van der Waals surface area (Å²) in [6.07, 6.45) is -3.99. The van der Waals surface area contributed by atoms with Crippen LogP contribution in [0.2, 0.25) is 5.82 Å². The Hall–Kier alpha value is -3.07. The quantitative estimate of drug-likeness (QED) is 0.213. The van der Waals surface area contributed by atoms with E-state index in [-0.39, 0.29) is 0 Å². The molecular formula is C18H2BF15. The molecule has 0 fully saturated rings. The van der Waals surface area contributed by atoms with Gasteiger partial charge in [-0.25, -0.2) is 65.9 Å². The molecule has 0 N–H and O–H groups in total. The molecular weight excluding hydrogens is 512 g/mol. The zero-order chi connectivity index (χ0) is 26.0. The Morgan fingerprint density at radius 2 is 0.647 bits per heavy atom. The van der Waals surface area contributed by atoms with Gasteiger partial charge >= 0.3 is 0 Å². The average molecular weight is 514 g/mol. The van der Waals surface area contributed by atoms with Gasteiger partial charge in [-0.15, -0.1) is 0 Å². The number of alkyl halides is 1. The number of halogens is 15. The van der Waals surface area contributed by atoms with Crippen LogP contribution in [0.4, 0.5) is 65.9 Å². The SMILES string of the molecule is FC1=C(F)C(F)[C@H](B(c2c(F)c(F)c(F)c(F)c2F)c2c(F)c(F)c(F)c(F)c2F)C(F)=C1F. The summed E-state index contributed by atoms with van der Waals surface area (Å²) in [5, 5.41) is 0. The molecule has 16 heteroatoms. The first-order valence-electron chi connectivity index (χ1n) is 8.44. The maximum Gasteiger partial charge on any atom is 0.239 e. The fraction of sp³-hybridized carbons (Fsp3) is 0.111. The molecule has 2 atom stereocenters. The van der Waals surface area contributed by atoms with Crippen molar-refractivity contribution in [2.24, 2.45) is 0 Å². The second-order valence-corrected chi connectivity index (χ2v) is 6.70. The summed E-state index contributed by atoms with van der Waals surface area (Å²) < 4.78 is 209. The molecule has 1 aliphatic rings. The van der Waals surface area contributed by atoms with Crippen LogP contribution in [-0.2, 0) is 0 Å². The summed E-state index contributed by atoms with van der Waals surface area (Å²) in [6.45, 7) is -3.84. The van der Waals surface area contributed by atoms with Gasteiger partial charge in [0.15, 0.2) is 81.8 Å². The summed E-state index contributed by atoms with van der Waals surface area (Å²) in [6, 6.07) is 0. The predicted octanol–water partition coefficient (Wildman–Crippen LogP) is 5.71. The van der Waals surface area contributed by atoms with Crippen LogP contribution < -0.4 is 10.9 Å². The van der Waals surface area contributed by atoms with Crippen molar-refractivity contribution < 1.29 is 65.9 Å². The molecule has 182 valence electrons. The first-order valence-corrected chi connectivity index (χ1v) is 8.44. The van der Waals surface area contributed by atoms with Crippen molar-refractivity contribution in [3.05, 3.63) is 81.5 Å². The molecule has 0 radical (unpaired) electrons. The van der Waals surface area contributed by atoms with Gasteiger partial charge in [-0.1, -0.05) is 0 Å². The van der Waals surface area contributed by atoms with E-state index >= 15 is 0 Å². The van der Waals surface area contributed by atoms with E-state index in [1.165, 1.54) is 0 Å². The molecule has 0 nitrogen and oxygen atoms in total. The molecule has 3 rings (SSSR count). The van der Waals surface area contributed by atoms with Crippen LogP contribution in [0.15, 0.2) is 23.3 Å². The molecule has 2 aromatic carbocycles.